The molecule has 1 aliphatic carbocycles. The molecule has 1 heterocycles. The monoisotopic (exact) mass is 257 g/mol. The second-order valence-corrected chi connectivity index (χ2v) is 5.13. The van der Waals surface area contributed by atoms with Gasteiger partial charge in [-0.25, -0.2) is 0 Å². The standard InChI is InChI=1S/C16H19NO2/c1-12-2-6-15(7-3-12)19-11-16-13(8-9-18-16)10-17-14-4-5-14/h2-3,6-9,14,17H,4-5,10-11H2,1H3. The summed E-state index contributed by atoms with van der Waals surface area (Å²) < 4.78 is 11.2. The van der Waals surface area contributed by atoms with Gasteiger partial charge in [0.15, 0.2) is 0 Å². The molecule has 0 aliphatic heterocycles. The van der Waals surface area contributed by atoms with Crippen molar-refractivity contribution in [1.29, 1.82) is 0 Å². The molecule has 1 aromatic carbocycles. The Balaban J connectivity index is 1.56. The molecule has 0 spiro atoms. The number of nitrogens with one attached hydrogen (secondary N) is 1. The predicted molar refractivity (Wildman–Crippen MR) is 74.1 cm³/mol. The molecule has 0 radical (unpaired) electrons. The number of aryl methyl sites for hydroxylation is 1. The lowest BCUT2D eigenvalue weighted by Gasteiger charge is -2.07. The maximum atomic E-state index is 5.75. The Morgan fingerprint density at radius 2 is 2.00 bits per heavy atom. The minimum atomic E-state index is 0.484. The molecule has 19 heavy (non-hydrogen) atoms. The maximum absolute atomic E-state index is 5.75. The second-order valence-electron chi connectivity index (χ2n) is 5.13. The van der Waals surface area contributed by atoms with E-state index in [-0.39, 0.29) is 0 Å². The van der Waals surface area contributed by atoms with Gasteiger partial charge in [0.1, 0.15) is 18.1 Å². The fraction of sp³-hybridized carbons (Fsp3) is 0.375. The molecule has 3 rings (SSSR count). The van der Waals surface area contributed by atoms with Crippen molar-refractivity contribution < 1.29 is 9.15 Å². The topological polar surface area (TPSA) is 34.4 Å². The van der Waals surface area contributed by atoms with E-state index in [0.717, 1.165) is 18.1 Å². The summed E-state index contributed by atoms with van der Waals surface area (Å²) in [4.78, 5) is 0. The van der Waals surface area contributed by atoms with Crippen LogP contribution in [0.5, 0.6) is 5.75 Å². The zero-order valence-electron chi connectivity index (χ0n) is 11.2. The molecule has 0 unspecified atom stereocenters. The van der Waals surface area contributed by atoms with Gasteiger partial charge < -0.3 is 14.5 Å². The maximum Gasteiger partial charge on any atom is 0.146 e. The molecule has 3 heteroatoms. The van der Waals surface area contributed by atoms with Crippen molar-refractivity contribution in [1.82, 2.24) is 5.32 Å². The highest BCUT2D eigenvalue weighted by atomic mass is 16.5. The van der Waals surface area contributed by atoms with E-state index in [4.69, 9.17) is 9.15 Å². The highest BCUT2D eigenvalue weighted by Gasteiger charge is 2.20. The highest BCUT2D eigenvalue weighted by Crippen LogP contribution is 2.21. The van der Waals surface area contributed by atoms with E-state index in [1.807, 2.05) is 30.3 Å². The van der Waals surface area contributed by atoms with Crippen molar-refractivity contribution in [3.63, 3.8) is 0 Å². The van der Waals surface area contributed by atoms with Crippen LogP contribution in [0.3, 0.4) is 0 Å². The second kappa shape index (κ2) is 5.49. The van der Waals surface area contributed by atoms with Crippen LogP contribution in [0.15, 0.2) is 41.0 Å². The predicted octanol–water partition coefficient (Wildman–Crippen LogP) is 3.42. The van der Waals surface area contributed by atoms with E-state index in [0.29, 0.717) is 12.6 Å². The van der Waals surface area contributed by atoms with E-state index >= 15 is 0 Å². The number of rotatable bonds is 6. The first-order valence-corrected chi connectivity index (χ1v) is 6.79. The Labute approximate surface area is 113 Å². The summed E-state index contributed by atoms with van der Waals surface area (Å²) in [6.45, 7) is 3.42. The number of hydrogen-bond acceptors (Lipinski definition) is 3. The largest absolute Gasteiger partial charge is 0.486 e. The van der Waals surface area contributed by atoms with Crippen molar-refractivity contribution in [2.24, 2.45) is 0 Å². The molecule has 1 aliphatic rings. The van der Waals surface area contributed by atoms with Crippen molar-refractivity contribution >= 4 is 0 Å². The van der Waals surface area contributed by atoms with Crippen LogP contribution in [0.4, 0.5) is 0 Å². The van der Waals surface area contributed by atoms with Crippen LogP contribution in [0.25, 0.3) is 0 Å². The number of benzene rings is 1. The summed E-state index contributed by atoms with van der Waals surface area (Å²) in [6, 6.07) is 10.8. The van der Waals surface area contributed by atoms with Crippen LogP contribution in [-0.2, 0) is 13.2 Å². The lowest BCUT2D eigenvalue weighted by atomic mass is 10.2. The molecule has 1 saturated carbocycles. The van der Waals surface area contributed by atoms with Crippen LogP contribution < -0.4 is 10.1 Å². The Bertz CT molecular complexity index is 526. The third-order valence-corrected chi connectivity index (χ3v) is 3.39. The molecule has 0 amide bonds. The summed E-state index contributed by atoms with van der Waals surface area (Å²) >= 11 is 0. The molecule has 0 saturated heterocycles. The van der Waals surface area contributed by atoms with Gasteiger partial charge in [0.05, 0.1) is 6.26 Å². The van der Waals surface area contributed by atoms with E-state index in [9.17, 15) is 0 Å². The lowest BCUT2D eigenvalue weighted by molar-refractivity contribution is 0.268. The molecular weight excluding hydrogens is 238 g/mol. The molecule has 3 nitrogen and oxygen atoms in total. The van der Waals surface area contributed by atoms with Gasteiger partial charge in [0.2, 0.25) is 0 Å². The molecule has 0 bridgehead atoms. The number of ether oxygens (including phenoxy) is 1. The van der Waals surface area contributed by atoms with Gasteiger partial charge in [-0.15, -0.1) is 0 Å². The van der Waals surface area contributed by atoms with Gasteiger partial charge in [-0.1, -0.05) is 17.7 Å². The minimum absolute atomic E-state index is 0.484. The van der Waals surface area contributed by atoms with Crippen molar-refractivity contribution in [3.8, 4) is 5.75 Å². The smallest absolute Gasteiger partial charge is 0.146 e. The summed E-state index contributed by atoms with van der Waals surface area (Å²) in [7, 11) is 0. The molecule has 2 aromatic rings. The van der Waals surface area contributed by atoms with E-state index < -0.39 is 0 Å². The molecule has 1 aromatic heterocycles. The third-order valence-electron chi connectivity index (χ3n) is 3.39. The fourth-order valence-electron chi connectivity index (χ4n) is 1.98. The average molecular weight is 257 g/mol. The van der Waals surface area contributed by atoms with Gasteiger partial charge in [-0.2, -0.15) is 0 Å². The Morgan fingerprint density at radius 1 is 1.21 bits per heavy atom. The molecule has 1 N–H and O–H groups in total. The lowest BCUT2D eigenvalue weighted by Crippen LogP contribution is -2.16. The van der Waals surface area contributed by atoms with Crippen LogP contribution in [0.2, 0.25) is 0 Å². The van der Waals surface area contributed by atoms with Gasteiger partial charge in [0, 0.05) is 18.2 Å². The quantitative estimate of drug-likeness (QED) is 0.861. The van der Waals surface area contributed by atoms with Gasteiger partial charge in [-0.05, 0) is 38.0 Å². The Hall–Kier alpha value is -1.74. The fourth-order valence-corrected chi connectivity index (χ4v) is 1.98. The Morgan fingerprint density at radius 3 is 2.74 bits per heavy atom. The summed E-state index contributed by atoms with van der Waals surface area (Å²) in [5, 5.41) is 3.49. The van der Waals surface area contributed by atoms with Gasteiger partial charge >= 0.3 is 0 Å². The SMILES string of the molecule is Cc1ccc(OCc2occc2CNC2CC2)cc1. The number of furan rings is 1. The normalized spacial score (nSPS) is 14.6. The summed E-state index contributed by atoms with van der Waals surface area (Å²) in [5.74, 6) is 1.79. The van der Waals surface area contributed by atoms with Gasteiger partial charge in [0.25, 0.3) is 0 Å². The number of hydrogen-bond donors (Lipinski definition) is 1. The first-order valence-electron chi connectivity index (χ1n) is 6.79. The molecule has 0 atom stereocenters. The zero-order valence-corrected chi connectivity index (χ0v) is 11.2. The molecule has 100 valence electrons. The van der Waals surface area contributed by atoms with Crippen LogP contribution in [-0.4, -0.2) is 6.04 Å². The van der Waals surface area contributed by atoms with Crippen molar-refractivity contribution in [2.75, 3.05) is 0 Å². The van der Waals surface area contributed by atoms with Crippen LogP contribution in [0, 0.1) is 6.92 Å². The highest BCUT2D eigenvalue weighted by molar-refractivity contribution is 5.27. The van der Waals surface area contributed by atoms with E-state index in [1.165, 1.54) is 24.0 Å². The van der Waals surface area contributed by atoms with Crippen LogP contribution >= 0.6 is 0 Å². The van der Waals surface area contributed by atoms with Crippen molar-refractivity contribution in [3.05, 3.63) is 53.5 Å². The summed E-state index contributed by atoms with van der Waals surface area (Å²) in [6.07, 6.45) is 4.33. The zero-order chi connectivity index (χ0) is 13.1. The first-order chi connectivity index (χ1) is 9.31. The Kier molecular flexibility index (Phi) is 3.56. The average Bonchev–Trinajstić information content (AvgIpc) is 3.15. The third kappa shape index (κ3) is 3.38. The minimum Gasteiger partial charge on any atom is -0.486 e. The summed E-state index contributed by atoms with van der Waals surface area (Å²) in [5.41, 5.74) is 2.43. The van der Waals surface area contributed by atoms with Gasteiger partial charge in [-0.3, -0.25) is 0 Å². The van der Waals surface area contributed by atoms with Crippen LogP contribution in [0.1, 0.15) is 29.7 Å². The first kappa shape index (κ1) is 12.3. The molecular formula is C16H19NO2. The van der Waals surface area contributed by atoms with E-state index in [1.54, 1.807) is 6.26 Å². The molecule has 1 fully saturated rings. The van der Waals surface area contributed by atoms with E-state index in [2.05, 4.69) is 12.2 Å². The van der Waals surface area contributed by atoms with Crippen molar-refractivity contribution in [2.45, 2.75) is 39.0 Å².